The van der Waals surface area contributed by atoms with Crippen LogP contribution in [0.3, 0.4) is 0 Å². The predicted molar refractivity (Wildman–Crippen MR) is 153 cm³/mol. The molecule has 0 saturated heterocycles. The Morgan fingerprint density at radius 1 is 1.12 bits per heavy atom. The van der Waals surface area contributed by atoms with Gasteiger partial charge in [-0.2, -0.15) is 5.10 Å². The quantitative estimate of drug-likeness (QED) is 0.234. The highest BCUT2D eigenvalue weighted by Gasteiger charge is 2.29. The molecule has 12 heteroatoms. The van der Waals surface area contributed by atoms with Crippen molar-refractivity contribution in [3.05, 3.63) is 23.1 Å². The van der Waals surface area contributed by atoms with Crippen LogP contribution in [0.1, 0.15) is 76.3 Å². The van der Waals surface area contributed by atoms with E-state index >= 15 is 0 Å². The third-order valence-corrected chi connectivity index (χ3v) is 8.40. The minimum absolute atomic E-state index is 0.00885. The zero-order valence-corrected chi connectivity index (χ0v) is 24.6. The SMILES string of the molecule is CON(C)C(=O)CCCCCCN(C(=O)O)C1CCC(Nc2ncc(Cl)c(-c3cnn(C)c3CC3CC3)n2)CC1. The van der Waals surface area contributed by atoms with Gasteiger partial charge in [-0.15, -0.1) is 0 Å². The van der Waals surface area contributed by atoms with E-state index in [1.54, 1.807) is 18.1 Å². The summed E-state index contributed by atoms with van der Waals surface area (Å²) in [6.45, 7) is 0.516. The van der Waals surface area contributed by atoms with E-state index in [4.69, 9.17) is 21.4 Å². The van der Waals surface area contributed by atoms with Crippen LogP contribution in [0.2, 0.25) is 5.02 Å². The molecule has 2 saturated carbocycles. The minimum Gasteiger partial charge on any atom is -0.465 e. The zero-order valence-electron chi connectivity index (χ0n) is 23.8. The van der Waals surface area contributed by atoms with Crippen molar-refractivity contribution in [3.63, 3.8) is 0 Å². The van der Waals surface area contributed by atoms with Crippen molar-refractivity contribution in [1.82, 2.24) is 29.7 Å². The van der Waals surface area contributed by atoms with Crippen molar-refractivity contribution in [1.29, 1.82) is 0 Å². The van der Waals surface area contributed by atoms with Crippen LogP contribution in [0.25, 0.3) is 11.3 Å². The second-order valence-electron chi connectivity index (χ2n) is 11.0. The molecular weight excluding hydrogens is 534 g/mol. The lowest BCUT2D eigenvalue weighted by atomic mass is 9.90. The lowest BCUT2D eigenvalue weighted by Crippen LogP contribution is -2.44. The Kier molecular flexibility index (Phi) is 10.6. The lowest BCUT2D eigenvalue weighted by molar-refractivity contribution is -0.168. The molecule has 2 aliphatic rings. The number of amides is 2. The summed E-state index contributed by atoms with van der Waals surface area (Å²) in [5, 5.41) is 19.5. The molecule has 0 atom stereocenters. The largest absolute Gasteiger partial charge is 0.465 e. The highest BCUT2D eigenvalue weighted by atomic mass is 35.5. The molecule has 2 fully saturated rings. The average Bonchev–Trinajstić information content (AvgIpc) is 3.70. The van der Waals surface area contributed by atoms with Gasteiger partial charge < -0.3 is 15.3 Å². The van der Waals surface area contributed by atoms with Crippen LogP contribution < -0.4 is 5.32 Å². The molecule has 0 bridgehead atoms. The number of carboxylic acid groups (broad SMARTS) is 1. The van der Waals surface area contributed by atoms with Gasteiger partial charge in [0, 0.05) is 50.4 Å². The fourth-order valence-corrected chi connectivity index (χ4v) is 5.64. The Morgan fingerprint density at radius 3 is 2.52 bits per heavy atom. The Labute approximate surface area is 241 Å². The van der Waals surface area contributed by atoms with Gasteiger partial charge in [-0.1, -0.05) is 24.4 Å². The molecule has 0 aliphatic heterocycles. The molecule has 11 nitrogen and oxygen atoms in total. The molecule has 2 aliphatic carbocycles. The van der Waals surface area contributed by atoms with E-state index in [1.807, 2.05) is 17.9 Å². The number of aryl methyl sites for hydroxylation is 1. The van der Waals surface area contributed by atoms with Gasteiger partial charge >= 0.3 is 6.09 Å². The monoisotopic (exact) mass is 575 g/mol. The first kappa shape index (κ1) is 30.0. The van der Waals surface area contributed by atoms with Crippen molar-refractivity contribution >= 4 is 29.5 Å². The molecule has 0 unspecified atom stereocenters. The fourth-order valence-electron chi connectivity index (χ4n) is 5.44. The Morgan fingerprint density at radius 2 is 1.85 bits per heavy atom. The second-order valence-corrected chi connectivity index (χ2v) is 11.4. The molecule has 4 rings (SSSR count). The third-order valence-electron chi connectivity index (χ3n) is 8.12. The Balaban J connectivity index is 1.25. The summed E-state index contributed by atoms with van der Waals surface area (Å²) in [6, 6.07) is 0.179. The van der Waals surface area contributed by atoms with Crippen LogP contribution in [0.4, 0.5) is 10.7 Å². The van der Waals surface area contributed by atoms with Gasteiger partial charge in [0.25, 0.3) is 0 Å². The number of rotatable bonds is 14. The maximum atomic E-state index is 12.0. The first-order valence-corrected chi connectivity index (χ1v) is 14.7. The van der Waals surface area contributed by atoms with Gasteiger partial charge in [-0.05, 0) is 63.7 Å². The molecule has 0 radical (unpaired) electrons. The van der Waals surface area contributed by atoms with Crippen molar-refractivity contribution in [2.24, 2.45) is 13.0 Å². The first-order chi connectivity index (χ1) is 19.3. The standard InChI is InChI=1S/C28H42ClN7O4/c1-34-24(16-19-9-10-19)22(17-31-34)26-23(29)18-30-27(33-26)32-20-11-13-21(14-12-20)36(28(38)39)15-7-5-4-6-8-25(37)35(2)40-3/h17-21H,4-16H2,1-3H3,(H,38,39)(H,30,32,33). The molecule has 220 valence electrons. The summed E-state index contributed by atoms with van der Waals surface area (Å²) in [5.41, 5.74) is 2.80. The second kappa shape index (κ2) is 14.1. The van der Waals surface area contributed by atoms with Gasteiger partial charge in [0.15, 0.2) is 0 Å². The maximum absolute atomic E-state index is 12.0. The highest BCUT2D eigenvalue weighted by molar-refractivity contribution is 6.32. The predicted octanol–water partition coefficient (Wildman–Crippen LogP) is 5.16. The van der Waals surface area contributed by atoms with E-state index in [-0.39, 0.29) is 18.0 Å². The summed E-state index contributed by atoms with van der Waals surface area (Å²) in [5.74, 6) is 1.21. The molecule has 2 heterocycles. The Hall–Kier alpha value is -2.92. The molecule has 0 aromatic carbocycles. The maximum Gasteiger partial charge on any atom is 0.407 e. The topological polar surface area (TPSA) is 126 Å². The molecular formula is C28H42ClN7O4. The number of halogens is 1. The first-order valence-electron chi connectivity index (χ1n) is 14.4. The lowest BCUT2D eigenvalue weighted by Gasteiger charge is -2.35. The number of unbranched alkanes of at least 4 members (excludes halogenated alkanes) is 3. The van der Waals surface area contributed by atoms with Crippen molar-refractivity contribution in [3.8, 4) is 11.3 Å². The minimum atomic E-state index is -0.863. The van der Waals surface area contributed by atoms with E-state index in [0.29, 0.717) is 35.5 Å². The summed E-state index contributed by atoms with van der Waals surface area (Å²) in [7, 11) is 5.03. The van der Waals surface area contributed by atoms with Crippen molar-refractivity contribution in [2.75, 3.05) is 26.0 Å². The van der Waals surface area contributed by atoms with Crippen LogP contribution in [0, 0.1) is 5.92 Å². The number of carbonyl (C=O) groups is 2. The van der Waals surface area contributed by atoms with E-state index in [9.17, 15) is 14.7 Å². The van der Waals surface area contributed by atoms with E-state index in [0.717, 1.165) is 69.0 Å². The van der Waals surface area contributed by atoms with Crippen molar-refractivity contribution < 1.29 is 19.5 Å². The number of hydroxylamine groups is 2. The Bertz CT molecular complexity index is 1150. The van der Waals surface area contributed by atoms with Gasteiger partial charge in [0.2, 0.25) is 11.9 Å². The normalized spacial score (nSPS) is 18.9. The van der Waals surface area contributed by atoms with Crippen LogP contribution in [0.5, 0.6) is 0 Å². The fraction of sp³-hybridized carbons (Fsp3) is 0.679. The molecule has 2 aromatic rings. The number of anilines is 1. The van der Waals surface area contributed by atoms with Crippen LogP contribution in [-0.2, 0) is 23.1 Å². The van der Waals surface area contributed by atoms with Gasteiger partial charge in [0.1, 0.15) is 0 Å². The summed E-state index contributed by atoms with van der Waals surface area (Å²) >= 11 is 6.52. The van der Waals surface area contributed by atoms with Crippen molar-refractivity contribution in [2.45, 2.75) is 89.1 Å². The van der Waals surface area contributed by atoms with E-state index in [2.05, 4.69) is 15.4 Å². The van der Waals surface area contributed by atoms with E-state index in [1.165, 1.54) is 25.0 Å². The number of carbonyl (C=O) groups excluding carboxylic acids is 1. The number of nitrogens with zero attached hydrogens (tertiary/aromatic N) is 6. The van der Waals surface area contributed by atoms with Crippen LogP contribution in [0.15, 0.2) is 12.4 Å². The average molecular weight is 576 g/mol. The van der Waals surface area contributed by atoms with Gasteiger partial charge in [-0.3, -0.25) is 14.3 Å². The number of nitrogens with one attached hydrogen (secondary N) is 1. The zero-order chi connectivity index (χ0) is 28.6. The smallest absolute Gasteiger partial charge is 0.407 e. The number of hydrogen-bond acceptors (Lipinski definition) is 7. The molecule has 0 spiro atoms. The van der Waals surface area contributed by atoms with E-state index < -0.39 is 6.09 Å². The number of hydrogen-bond donors (Lipinski definition) is 2. The van der Waals surface area contributed by atoms with Crippen LogP contribution in [-0.4, -0.2) is 79.6 Å². The van der Waals surface area contributed by atoms with Crippen LogP contribution >= 0.6 is 11.6 Å². The van der Waals surface area contributed by atoms with Gasteiger partial charge in [0.05, 0.1) is 30.2 Å². The molecule has 2 aromatic heterocycles. The highest BCUT2D eigenvalue weighted by Crippen LogP contribution is 2.37. The summed E-state index contributed by atoms with van der Waals surface area (Å²) in [6.07, 6.45) is 13.1. The molecule has 40 heavy (non-hydrogen) atoms. The van der Waals surface area contributed by atoms with Gasteiger partial charge in [-0.25, -0.2) is 19.8 Å². The third kappa shape index (κ3) is 8.06. The number of aromatic nitrogens is 4. The molecule has 2 amide bonds. The summed E-state index contributed by atoms with van der Waals surface area (Å²) in [4.78, 5) is 39.5. The summed E-state index contributed by atoms with van der Waals surface area (Å²) < 4.78 is 1.91. The molecule has 2 N–H and O–H groups in total.